The number of phenolic OH excluding ortho intramolecular Hbond substituents is 2. The number of phenols is 2. The summed E-state index contributed by atoms with van der Waals surface area (Å²) in [6.45, 7) is 0. The van der Waals surface area contributed by atoms with E-state index in [-0.39, 0.29) is 11.5 Å². The molecule has 0 fully saturated rings. The minimum absolute atomic E-state index is 0.0361. The Balaban J connectivity index is 2.23. The molecule has 2 aromatic carbocycles. The van der Waals surface area contributed by atoms with E-state index in [2.05, 4.69) is 0 Å². The van der Waals surface area contributed by atoms with Gasteiger partial charge in [-0.3, -0.25) is 0 Å². The standard InChI is InChI=1S/C20H22O6/c1-23-15-9-13(10-16(24-2)19(15)21)7-5-6-8-14-11-17(25-3)20(22)18(12-14)26-4/h5-12,21-22H,1-4H3. The lowest BCUT2D eigenvalue weighted by Crippen LogP contribution is -1.90. The molecule has 0 aromatic heterocycles. The SMILES string of the molecule is COc1cc(C=CC=Cc2cc(OC)c(O)c(OC)c2)cc(OC)c1O. The third-order valence-electron chi connectivity index (χ3n) is 3.69. The van der Waals surface area contributed by atoms with Crippen molar-refractivity contribution in [2.24, 2.45) is 0 Å². The molecule has 0 saturated heterocycles. The van der Waals surface area contributed by atoms with Crippen LogP contribution in [0.1, 0.15) is 11.1 Å². The largest absolute Gasteiger partial charge is 0.502 e. The lowest BCUT2D eigenvalue weighted by molar-refractivity contribution is 0.340. The Bertz CT molecular complexity index is 704. The smallest absolute Gasteiger partial charge is 0.200 e. The Hall–Kier alpha value is -3.28. The van der Waals surface area contributed by atoms with Gasteiger partial charge in [0.2, 0.25) is 11.5 Å². The van der Waals surface area contributed by atoms with Gasteiger partial charge in [-0.25, -0.2) is 0 Å². The van der Waals surface area contributed by atoms with Crippen LogP contribution in [0.25, 0.3) is 12.2 Å². The van der Waals surface area contributed by atoms with Crippen molar-refractivity contribution >= 4 is 12.2 Å². The summed E-state index contributed by atoms with van der Waals surface area (Å²) >= 11 is 0. The van der Waals surface area contributed by atoms with Gasteiger partial charge in [0.25, 0.3) is 0 Å². The summed E-state index contributed by atoms with van der Waals surface area (Å²) in [6.07, 6.45) is 7.35. The second-order valence-corrected chi connectivity index (χ2v) is 5.27. The normalized spacial score (nSPS) is 11.1. The molecule has 2 rings (SSSR count). The van der Waals surface area contributed by atoms with Crippen molar-refractivity contribution < 1.29 is 29.2 Å². The molecule has 0 aliphatic rings. The van der Waals surface area contributed by atoms with Crippen molar-refractivity contribution in [1.82, 2.24) is 0 Å². The number of allylic oxidation sites excluding steroid dienone is 2. The minimum atomic E-state index is -0.0361. The first-order valence-electron chi connectivity index (χ1n) is 7.78. The van der Waals surface area contributed by atoms with Crippen LogP contribution < -0.4 is 18.9 Å². The Morgan fingerprint density at radius 3 is 1.08 bits per heavy atom. The van der Waals surface area contributed by atoms with E-state index in [1.54, 1.807) is 24.3 Å². The Labute approximate surface area is 152 Å². The van der Waals surface area contributed by atoms with E-state index in [9.17, 15) is 10.2 Å². The molecule has 0 amide bonds. The lowest BCUT2D eigenvalue weighted by atomic mass is 10.1. The summed E-state index contributed by atoms with van der Waals surface area (Å²) in [4.78, 5) is 0. The van der Waals surface area contributed by atoms with Gasteiger partial charge in [0.1, 0.15) is 0 Å². The van der Waals surface area contributed by atoms with Crippen LogP contribution in [0.5, 0.6) is 34.5 Å². The van der Waals surface area contributed by atoms with Crippen LogP contribution in [0.4, 0.5) is 0 Å². The Morgan fingerprint density at radius 1 is 0.577 bits per heavy atom. The van der Waals surface area contributed by atoms with Crippen molar-refractivity contribution in [3.8, 4) is 34.5 Å². The molecule has 6 heteroatoms. The summed E-state index contributed by atoms with van der Waals surface area (Å²) in [5.41, 5.74) is 1.61. The third-order valence-corrected chi connectivity index (χ3v) is 3.69. The molecule has 0 unspecified atom stereocenters. The summed E-state index contributed by atoms with van der Waals surface area (Å²) < 4.78 is 20.5. The van der Waals surface area contributed by atoms with E-state index in [1.807, 2.05) is 24.3 Å². The van der Waals surface area contributed by atoms with E-state index >= 15 is 0 Å². The van der Waals surface area contributed by atoms with E-state index in [0.717, 1.165) is 11.1 Å². The summed E-state index contributed by atoms with van der Waals surface area (Å²) in [6, 6.07) is 6.81. The molecule has 0 atom stereocenters. The minimum Gasteiger partial charge on any atom is -0.502 e. The van der Waals surface area contributed by atoms with Gasteiger partial charge < -0.3 is 29.2 Å². The average Bonchev–Trinajstić information content (AvgIpc) is 2.66. The second-order valence-electron chi connectivity index (χ2n) is 5.27. The molecule has 0 bridgehead atoms. The highest BCUT2D eigenvalue weighted by molar-refractivity contribution is 5.65. The van der Waals surface area contributed by atoms with E-state index < -0.39 is 0 Å². The molecule has 2 aromatic rings. The average molecular weight is 358 g/mol. The second kappa shape index (κ2) is 8.71. The van der Waals surface area contributed by atoms with Crippen molar-refractivity contribution in [2.45, 2.75) is 0 Å². The lowest BCUT2D eigenvalue weighted by Gasteiger charge is -2.09. The number of rotatable bonds is 7. The van der Waals surface area contributed by atoms with Gasteiger partial charge in [0, 0.05) is 0 Å². The number of benzene rings is 2. The maximum atomic E-state index is 9.92. The topological polar surface area (TPSA) is 77.4 Å². The van der Waals surface area contributed by atoms with Gasteiger partial charge in [0.15, 0.2) is 23.0 Å². The molecule has 2 N–H and O–H groups in total. The van der Waals surface area contributed by atoms with Gasteiger partial charge in [-0.15, -0.1) is 0 Å². The summed E-state index contributed by atoms with van der Waals surface area (Å²) in [5.74, 6) is 1.26. The number of ether oxygens (including phenoxy) is 4. The molecule has 138 valence electrons. The fraction of sp³-hybridized carbons (Fsp3) is 0.200. The fourth-order valence-electron chi connectivity index (χ4n) is 2.35. The van der Waals surface area contributed by atoms with Crippen molar-refractivity contribution in [3.63, 3.8) is 0 Å². The highest BCUT2D eigenvalue weighted by Crippen LogP contribution is 2.38. The fourth-order valence-corrected chi connectivity index (χ4v) is 2.35. The number of aromatic hydroxyl groups is 2. The summed E-state index contributed by atoms with van der Waals surface area (Å²) in [7, 11) is 5.92. The zero-order valence-electron chi connectivity index (χ0n) is 15.1. The molecule has 0 heterocycles. The molecular weight excluding hydrogens is 336 g/mol. The molecule has 0 spiro atoms. The van der Waals surface area contributed by atoms with E-state index in [0.29, 0.717) is 23.0 Å². The van der Waals surface area contributed by atoms with Crippen molar-refractivity contribution in [2.75, 3.05) is 28.4 Å². The predicted octanol–water partition coefficient (Wildman–Crippen LogP) is 3.86. The first-order chi connectivity index (χ1) is 12.5. The number of hydrogen-bond acceptors (Lipinski definition) is 6. The van der Waals surface area contributed by atoms with Crippen molar-refractivity contribution in [1.29, 1.82) is 0 Å². The molecule has 0 radical (unpaired) electrons. The molecule has 6 nitrogen and oxygen atoms in total. The van der Waals surface area contributed by atoms with Gasteiger partial charge >= 0.3 is 0 Å². The zero-order valence-corrected chi connectivity index (χ0v) is 15.1. The summed E-state index contributed by atoms with van der Waals surface area (Å²) in [5, 5.41) is 19.8. The van der Waals surface area contributed by atoms with Crippen LogP contribution >= 0.6 is 0 Å². The predicted molar refractivity (Wildman–Crippen MR) is 100 cm³/mol. The van der Waals surface area contributed by atoms with Gasteiger partial charge in [-0.05, 0) is 35.4 Å². The molecule has 0 saturated carbocycles. The number of methoxy groups -OCH3 is 4. The monoisotopic (exact) mass is 358 g/mol. The molecule has 26 heavy (non-hydrogen) atoms. The van der Waals surface area contributed by atoms with Gasteiger partial charge in [-0.2, -0.15) is 0 Å². The highest BCUT2D eigenvalue weighted by Gasteiger charge is 2.10. The zero-order chi connectivity index (χ0) is 19.1. The van der Waals surface area contributed by atoms with Crippen LogP contribution in [-0.2, 0) is 0 Å². The van der Waals surface area contributed by atoms with E-state index in [1.165, 1.54) is 28.4 Å². The van der Waals surface area contributed by atoms with Crippen LogP contribution in [0.3, 0.4) is 0 Å². The van der Waals surface area contributed by atoms with Gasteiger partial charge in [0.05, 0.1) is 28.4 Å². The van der Waals surface area contributed by atoms with E-state index in [4.69, 9.17) is 18.9 Å². The highest BCUT2D eigenvalue weighted by atomic mass is 16.5. The van der Waals surface area contributed by atoms with Crippen LogP contribution in [0.2, 0.25) is 0 Å². The maximum Gasteiger partial charge on any atom is 0.200 e. The molecule has 0 aliphatic heterocycles. The van der Waals surface area contributed by atoms with Crippen LogP contribution in [0.15, 0.2) is 36.4 Å². The van der Waals surface area contributed by atoms with Gasteiger partial charge in [-0.1, -0.05) is 24.3 Å². The Morgan fingerprint density at radius 2 is 0.846 bits per heavy atom. The quantitative estimate of drug-likeness (QED) is 0.732. The molecule has 0 aliphatic carbocycles. The van der Waals surface area contributed by atoms with Crippen molar-refractivity contribution in [3.05, 3.63) is 47.5 Å². The first kappa shape index (κ1) is 19.1. The van der Waals surface area contributed by atoms with Crippen LogP contribution in [-0.4, -0.2) is 38.7 Å². The molecular formula is C20H22O6. The maximum absolute atomic E-state index is 9.92. The Kier molecular flexibility index (Phi) is 6.38. The number of hydrogen-bond donors (Lipinski definition) is 2. The third kappa shape index (κ3) is 4.22. The van der Waals surface area contributed by atoms with Crippen LogP contribution in [0, 0.1) is 0 Å². The first-order valence-corrected chi connectivity index (χ1v) is 7.78.